The summed E-state index contributed by atoms with van der Waals surface area (Å²) in [5.41, 5.74) is 1.36. The summed E-state index contributed by atoms with van der Waals surface area (Å²) in [5, 5.41) is 24.9. The summed E-state index contributed by atoms with van der Waals surface area (Å²) >= 11 is 3.09. The number of fused-ring (bicyclic) bond motifs is 2. The molecule has 0 aliphatic carbocycles. The first kappa shape index (κ1) is 27.8. The van der Waals surface area contributed by atoms with Gasteiger partial charge in [-0.25, -0.2) is 9.36 Å². The standard InChI is InChI=1S/C26H27N5O7S2/c1-14-19(18-10-29-13-28(3)24(25(29)40-18)39-9-8-27-12-32)22(30-21(14)20(15(2)33)23(30)34)26(35)38-11-16-4-6-17(7-5-16)31(36)37/h4-7,10,12-15,20-21,33H,8-9,11H2,1-3H3/p+1/t14-,15+,20+,21+/m0/s1. The number of benzene rings is 1. The average Bonchev–Trinajstić information content (AvgIpc) is 3.52. The number of hydrogen-bond acceptors (Lipinski definition) is 9. The molecule has 5 rings (SSSR count). The predicted octanol–water partition coefficient (Wildman–Crippen LogP) is 1.88. The van der Waals surface area contributed by atoms with E-state index in [2.05, 4.69) is 5.32 Å². The smallest absolute Gasteiger partial charge is 0.355 e. The molecular formula is C26H28N5O7S2+. The number of aryl methyl sites for hydroxylation is 1. The van der Waals surface area contributed by atoms with Gasteiger partial charge in [0, 0.05) is 35.9 Å². The Kier molecular flexibility index (Phi) is 7.66. The molecule has 14 heteroatoms. The van der Waals surface area contributed by atoms with Crippen LogP contribution in [0.1, 0.15) is 24.3 Å². The number of nitrogens with zero attached hydrogens (tertiary/aromatic N) is 4. The van der Waals surface area contributed by atoms with Crippen molar-refractivity contribution in [1.29, 1.82) is 0 Å². The topological polar surface area (TPSA) is 147 Å². The van der Waals surface area contributed by atoms with E-state index in [-0.39, 0.29) is 35.9 Å². The van der Waals surface area contributed by atoms with Gasteiger partial charge >= 0.3 is 5.97 Å². The minimum absolute atomic E-state index is 0.0668. The number of thioether (sulfide) groups is 1. The first-order valence-corrected chi connectivity index (χ1v) is 14.4. The highest BCUT2D eigenvalue weighted by atomic mass is 32.2. The van der Waals surface area contributed by atoms with Crippen molar-refractivity contribution < 1.29 is 33.7 Å². The van der Waals surface area contributed by atoms with Gasteiger partial charge in [-0.2, -0.15) is 4.40 Å². The molecule has 12 nitrogen and oxygen atoms in total. The summed E-state index contributed by atoms with van der Waals surface area (Å²) in [4.78, 5) is 50.9. The van der Waals surface area contributed by atoms with Gasteiger partial charge in [0.1, 0.15) is 18.5 Å². The highest BCUT2D eigenvalue weighted by Crippen LogP contribution is 2.52. The van der Waals surface area contributed by atoms with Gasteiger partial charge in [-0.3, -0.25) is 19.7 Å². The molecule has 4 atom stereocenters. The van der Waals surface area contributed by atoms with Crippen LogP contribution in [-0.2, 0) is 32.8 Å². The maximum Gasteiger partial charge on any atom is 0.355 e. The molecule has 0 spiro atoms. The second-order valence-electron chi connectivity index (χ2n) is 9.78. The fourth-order valence-electron chi connectivity index (χ4n) is 5.37. The van der Waals surface area contributed by atoms with Crippen LogP contribution in [0, 0.1) is 22.0 Å². The maximum atomic E-state index is 13.5. The molecular weight excluding hydrogens is 558 g/mol. The number of aromatic nitrogens is 2. The van der Waals surface area contributed by atoms with E-state index in [0.29, 0.717) is 29.8 Å². The number of carbonyl (C=O) groups excluding carboxylic acids is 3. The second-order valence-corrected chi connectivity index (χ2v) is 11.9. The van der Waals surface area contributed by atoms with Crippen molar-refractivity contribution >= 4 is 57.5 Å². The van der Waals surface area contributed by atoms with E-state index >= 15 is 0 Å². The molecule has 1 aromatic carbocycles. The van der Waals surface area contributed by atoms with Crippen molar-refractivity contribution in [2.24, 2.45) is 18.9 Å². The Morgan fingerprint density at radius 1 is 1.38 bits per heavy atom. The van der Waals surface area contributed by atoms with Gasteiger partial charge in [0.2, 0.25) is 28.5 Å². The number of β-lactam (4-membered cyclic amide) rings is 1. The van der Waals surface area contributed by atoms with E-state index in [1.54, 1.807) is 18.7 Å². The number of aliphatic hydroxyl groups is 1. The van der Waals surface area contributed by atoms with Gasteiger partial charge in [0.15, 0.2) is 0 Å². The van der Waals surface area contributed by atoms with Crippen LogP contribution in [0.5, 0.6) is 0 Å². The lowest BCUT2D eigenvalue weighted by Crippen LogP contribution is -2.63. The van der Waals surface area contributed by atoms with Crippen LogP contribution in [0.4, 0.5) is 5.69 Å². The first-order valence-electron chi connectivity index (χ1n) is 12.6. The Morgan fingerprint density at radius 3 is 2.75 bits per heavy atom. The molecule has 4 heterocycles. The molecule has 3 aromatic rings. The Morgan fingerprint density at radius 2 is 2.10 bits per heavy atom. The Bertz CT molecular complexity index is 1530. The molecule has 2 N–H and O–H groups in total. The molecule has 2 amide bonds. The third kappa shape index (κ3) is 4.75. The Labute approximate surface area is 237 Å². The highest BCUT2D eigenvalue weighted by molar-refractivity contribution is 7.99. The maximum absolute atomic E-state index is 13.5. The van der Waals surface area contributed by atoms with E-state index in [1.807, 2.05) is 35.5 Å². The lowest BCUT2D eigenvalue weighted by Gasteiger charge is -2.46. The Balaban J connectivity index is 1.48. The van der Waals surface area contributed by atoms with Gasteiger partial charge < -0.3 is 20.1 Å². The SMILES string of the molecule is C[C@@H](O)[C@H]1C(=O)N2C(C(=O)OCc3ccc([N+](=O)[O-])cc3)=C(c3cn4c[n+](C)c(SCCNC=O)c4s3)[C@H](C)[C@H]12. The third-order valence-electron chi connectivity index (χ3n) is 7.21. The number of esters is 1. The number of non-ortho nitro benzene ring substituents is 1. The summed E-state index contributed by atoms with van der Waals surface area (Å²) in [6.07, 6.45) is 3.66. The molecule has 0 radical (unpaired) electrons. The zero-order chi connectivity index (χ0) is 28.7. The molecule has 1 saturated heterocycles. The number of nitro groups is 1. The van der Waals surface area contributed by atoms with Crippen LogP contribution in [0.3, 0.4) is 0 Å². The van der Waals surface area contributed by atoms with Gasteiger partial charge in [0.25, 0.3) is 5.69 Å². The van der Waals surface area contributed by atoms with Crippen LogP contribution in [0.15, 0.2) is 47.5 Å². The molecule has 40 heavy (non-hydrogen) atoms. The molecule has 0 saturated carbocycles. The van der Waals surface area contributed by atoms with E-state index in [0.717, 1.165) is 14.7 Å². The molecule has 0 bridgehead atoms. The van der Waals surface area contributed by atoms with Crippen molar-refractivity contribution in [3.05, 3.63) is 63.0 Å². The molecule has 2 aliphatic heterocycles. The fourth-order valence-corrected chi connectivity index (χ4v) is 7.76. The summed E-state index contributed by atoms with van der Waals surface area (Å²) in [6, 6.07) is 5.35. The number of imidazole rings is 1. The summed E-state index contributed by atoms with van der Waals surface area (Å²) in [7, 11) is 1.94. The van der Waals surface area contributed by atoms with Crippen LogP contribution in [0.25, 0.3) is 10.4 Å². The van der Waals surface area contributed by atoms with Crippen molar-refractivity contribution in [3.63, 3.8) is 0 Å². The van der Waals surface area contributed by atoms with Crippen LogP contribution in [0.2, 0.25) is 0 Å². The largest absolute Gasteiger partial charge is 0.456 e. The lowest BCUT2D eigenvalue weighted by atomic mass is 9.77. The molecule has 2 aromatic heterocycles. The summed E-state index contributed by atoms with van der Waals surface area (Å²) in [6.45, 7) is 3.93. The lowest BCUT2D eigenvalue weighted by molar-refractivity contribution is -0.705. The zero-order valence-corrected chi connectivity index (χ0v) is 23.6. The number of amides is 2. The van der Waals surface area contributed by atoms with E-state index in [9.17, 15) is 29.6 Å². The molecule has 0 unspecified atom stereocenters. The number of thiazole rings is 1. The van der Waals surface area contributed by atoms with E-state index in [1.165, 1.54) is 40.5 Å². The summed E-state index contributed by atoms with van der Waals surface area (Å²) in [5.74, 6) is -1.16. The fraction of sp³-hybridized carbons (Fsp3) is 0.385. The zero-order valence-electron chi connectivity index (χ0n) is 22.0. The summed E-state index contributed by atoms with van der Waals surface area (Å²) < 4.78 is 9.58. The van der Waals surface area contributed by atoms with Crippen LogP contribution >= 0.6 is 23.1 Å². The van der Waals surface area contributed by atoms with E-state index in [4.69, 9.17) is 4.74 Å². The van der Waals surface area contributed by atoms with E-state index < -0.39 is 22.9 Å². The number of carbonyl (C=O) groups is 3. The number of hydrogen-bond donors (Lipinski definition) is 2. The number of nitrogens with one attached hydrogen (secondary N) is 1. The average molecular weight is 587 g/mol. The number of rotatable bonds is 11. The van der Waals surface area contributed by atoms with Crippen molar-refractivity contribution in [2.75, 3.05) is 12.3 Å². The van der Waals surface area contributed by atoms with Gasteiger partial charge in [-0.1, -0.05) is 30.0 Å². The number of nitro benzene ring substituents is 1. The van der Waals surface area contributed by atoms with Gasteiger partial charge in [-0.15, -0.1) is 0 Å². The quantitative estimate of drug-likeness (QED) is 0.0506. The van der Waals surface area contributed by atoms with Crippen molar-refractivity contribution in [3.8, 4) is 0 Å². The Hall–Kier alpha value is -3.75. The second kappa shape index (κ2) is 11.0. The van der Waals surface area contributed by atoms with Gasteiger partial charge in [0.05, 0.1) is 34.9 Å². The van der Waals surface area contributed by atoms with Crippen LogP contribution < -0.4 is 9.88 Å². The number of ether oxygens (including phenoxy) is 1. The minimum Gasteiger partial charge on any atom is -0.456 e. The van der Waals surface area contributed by atoms with Crippen molar-refractivity contribution in [2.45, 2.75) is 37.6 Å². The number of aliphatic hydroxyl groups excluding tert-OH is 1. The minimum atomic E-state index is -0.867. The molecule has 2 aliphatic rings. The third-order valence-corrected chi connectivity index (χ3v) is 9.65. The van der Waals surface area contributed by atoms with Crippen molar-refractivity contribution in [1.82, 2.24) is 14.6 Å². The molecule has 1 fully saturated rings. The molecule has 210 valence electrons. The normalized spacial score (nSPS) is 20.9. The first-order chi connectivity index (χ1) is 19.1. The van der Waals surface area contributed by atoms with Gasteiger partial charge in [-0.05, 0) is 24.6 Å². The monoisotopic (exact) mass is 586 g/mol. The van der Waals surface area contributed by atoms with Crippen LogP contribution in [-0.4, -0.2) is 62.1 Å². The predicted molar refractivity (Wildman–Crippen MR) is 146 cm³/mol. The highest BCUT2D eigenvalue weighted by Gasteiger charge is 2.60.